The molecule has 0 saturated carbocycles. The molecule has 2 saturated heterocycles. The smallest absolute Gasteiger partial charge is 0.254 e. The molecule has 0 spiro atoms. The van der Waals surface area contributed by atoms with Crippen molar-refractivity contribution in [1.82, 2.24) is 25.3 Å². The van der Waals surface area contributed by atoms with Crippen molar-refractivity contribution < 1.29 is 23.2 Å². The summed E-state index contributed by atoms with van der Waals surface area (Å²) in [6, 6.07) is 8.03. The number of amides is 1. The molecule has 35 heavy (non-hydrogen) atoms. The zero-order valence-corrected chi connectivity index (χ0v) is 19.7. The summed E-state index contributed by atoms with van der Waals surface area (Å²) in [7, 11) is 0. The Labute approximate surface area is 202 Å². The number of hydrogen-bond donors (Lipinski definition) is 1. The van der Waals surface area contributed by atoms with E-state index < -0.39 is 11.7 Å². The minimum absolute atomic E-state index is 0.0103. The molecular formula is C25H28FN5O4. The van der Waals surface area contributed by atoms with Crippen LogP contribution in [0.5, 0.6) is 5.75 Å². The van der Waals surface area contributed by atoms with Crippen molar-refractivity contribution in [1.29, 1.82) is 0 Å². The molecule has 0 radical (unpaired) electrons. The maximum Gasteiger partial charge on any atom is 0.254 e. The topological polar surface area (TPSA) is 103 Å². The van der Waals surface area contributed by atoms with Gasteiger partial charge in [0.1, 0.15) is 17.7 Å². The number of aromatic nitrogens is 3. The Morgan fingerprint density at radius 1 is 1.29 bits per heavy atom. The van der Waals surface area contributed by atoms with Crippen molar-refractivity contribution in [2.75, 3.05) is 26.3 Å². The predicted octanol–water partition coefficient (Wildman–Crippen LogP) is 3.18. The molecule has 2 aromatic heterocycles. The van der Waals surface area contributed by atoms with E-state index in [1.54, 1.807) is 18.3 Å². The SMILES string of the molecule is CC(C)c1noc(CN2CC(Oc3ccc(-c4ccc(C(=O)N[C@@H]5CCOC5)c(F)c4)nc3)C2)n1. The van der Waals surface area contributed by atoms with Crippen LogP contribution in [0.15, 0.2) is 41.1 Å². The summed E-state index contributed by atoms with van der Waals surface area (Å²) in [4.78, 5) is 23.3. The van der Waals surface area contributed by atoms with Crippen molar-refractivity contribution in [2.45, 2.75) is 44.9 Å². The number of pyridine rings is 1. The van der Waals surface area contributed by atoms with E-state index in [1.807, 2.05) is 19.9 Å². The number of carbonyl (C=O) groups is 1. The number of ether oxygens (including phenoxy) is 2. The van der Waals surface area contributed by atoms with Crippen LogP contribution in [0.25, 0.3) is 11.3 Å². The van der Waals surface area contributed by atoms with Gasteiger partial charge in [0, 0.05) is 31.2 Å². The Kier molecular flexibility index (Phi) is 6.74. The Morgan fingerprint density at radius 2 is 2.14 bits per heavy atom. The van der Waals surface area contributed by atoms with E-state index in [-0.39, 0.29) is 23.6 Å². The lowest BCUT2D eigenvalue weighted by molar-refractivity contribution is 0.00844. The second-order valence-electron chi connectivity index (χ2n) is 9.24. The number of carbonyl (C=O) groups excluding carboxylic acids is 1. The largest absolute Gasteiger partial charge is 0.486 e. The van der Waals surface area contributed by atoms with Crippen LogP contribution in [-0.4, -0.2) is 64.4 Å². The van der Waals surface area contributed by atoms with E-state index in [0.29, 0.717) is 42.7 Å². The highest BCUT2D eigenvalue weighted by Gasteiger charge is 2.30. The minimum Gasteiger partial charge on any atom is -0.486 e. The molecule has 2 fully saturated rings. The fraction of sp³-hybridized carbons (Fsp3) is 0.440. The standard InChI is InChI=1S/C25H28FN5O4/c1-15(2)24-29-23(35-30-24)13-31-11-19(12-31)34-18-4-6-22(27-10-18)16-3-5-20(21(26)9-16)25(32)28-17-7-8-33-14-17/h3-6,9-10,15,17,19H,7-8,11-14H2,1-2H3,(H,28,32)/t17-/m1/s1. The first-order valence-electron chi connectivity index (χ1n) is 11.8. The summed E-state index contributed by atoms with van der Waals surface area (Å²) in [5, 5.41) is 6.79. The maximum absolute atomic E-state index is 14.6. The van der Waals surface area contributed by atoms with Gasteiger partial charge in [-0.05, 0) is 30.7 Å². The van der Waals surface area contributed by atoms with E-state index in [1.165, 1.54) is 12.1 Å². The second-order valence-corrected chi connectivity index (χ2v) is 9.24. The molecule has 1 N–H and O–H groups in total. The molecule has 5 rings (SSSR count). The van der Waals surface area contributed by atoms with Gasteiger partial charge in [-0.2, -0.15) is 4.98 Å². The van der Waals surface area contributed by atoms with Crippen LogP contribution in [0, 0.1) is 5.82 Å². The number of likely N-dealkylation sites (tertiary alicyclic amines) is 1. The molecule has 1 amide bonds. The van der Waals surface area contributed by atoms with Crippen LogP contribution in [-0.2, 0) is 11.3 Å². The molecule has 2 aliphatic rings. The van der Waals surface area contributed by atoms with Crippen molar-refractivity contribution in [3.8, 4) is 17.0 Å². The molecule has 0 aliphatic carbocycles. The van der Waals surface area contributed by atoms with Gasteiger partial charge in [-0.1, -0.05) is 25.1 Å². The number of nitrogens with one attached hydrogen (secondary N) is 1. The van der Waals surface area contributed by atoms with Crippen LogP contribution in [0.4, 0.5) is 4.39 Å². The lowest BCUT2D eigenvalue weighted by atomic mass is 10.1. The molecule has 1 atom stereocenters. The van der Waals surface area contributed by atoms with Crippen LogP contribution in [0.2, 0.25) is 0 Å². The van der Waals surface area contributed by atoms with E-state index in [0.717, 1.165) is 25.3 Å². The number of hydrogen-bond acceptors (Lipinski definition) is 8. The third-order valence-electron chi connectivity index (χ3n) is 6.10. The summed E-state index contributed by atoms with van der Waals surface area (Å²) < 4.78 is 31.2. The number of halogens is 1. The molecule has 9 nitrogen and oxygen atoms in total. The van der Waals surface area contributed by atoms with E-state index in [2.05, 4.69) is 25.3 Å². The van der Waals surface area contributed by atoms with Gasteiger partial charge >= 0.3 is 0 Å². The van der Waals surface area contributed by atoms with Crippen LogP contribution in [0.1, 0.15) is 48.3 Å². The van der Waals surface area contributed by atoms with Gasteiger partial charge in [-0.3, -0.25) is 14.7 Å². The average Bonchev–Trinajstić information content (AvgIpc) is 3.50. The lowest BCUT2D eigenvalue weighted by Crippen LogP contribution is -2.53. The van der Waals surface area contributed by atoms with Gasteiger partial charge in [0.15, 0.2) is 5.82 Å². The zero-order chi connectivity index (χ0) is 24.4. The first-order valence-corrected chi connectivity index (χ1v) is 11.8. The Bertz CT molecular complexity index is 1170. The monoisotopic (exact) mass is 481 g/mol. The third-order valence-corrected chi connectivity index (χ3v) is 6.10. The first-order chi connectivity index (χ1) is 16.9. The van der Waals surface area contributed by atoms with E-state index in [9.17, 15) is 9.18 Å². The predicted molar refractivity (Wildman–Crippen MR) is 124 cm³/mol. The fourth-order valence-electron chi connectivity index (χ4n) is 4.07. The van der Waals surface area contributed by atoms with Crippen molar-refractivity contribution >= 4 is 5.91 Å². The van der Waals surface area contributed by atoms with Gasteiger partial charge in [-0.15, -0.1) is 0 Å². The normalized spacial score (nSPS) is 18.6. The summed E-state index contributed by atoms with van der Waals surface area (Å²) in [5.41, 5.74) is 1.20. The van der Waals surface area contributed by atoms with Gasteiger partial charge in [0.05, 0.1) is 36.6 Å². The number of nitrogens with zero attached hydrogens (tertiary/aromatic N) is 4. The quantitative estimate of drug-likeness (QED) is 0.523. The molecular weight excluding hydrogens is 453 g/mol. The van der Waals surface area contributed by atoms with E-state index >= 15 is 0 Å². The molecule has 3 aromatic rings. The lowest BCUT2D eigenvalue weighted by Gasteiger charge is -2.37. The highest BCUT2D eigenvalue weighted by Crippen LogP contribution is 2.24. The van der Waals surface area contributed by atoms with Gasteiger partial charge in [0.25, 0.3) is 5.91 Å². The Balaban J connectivity index is 1.13. The molecule has 2 aliphatic heterocycles. The molecule has 1 aromatic carbocycles. The summed E-state index contributed by atoms with van der Waals surface area (Å²) >= 11 is 0. The highest BCUT2D eigenvalue weighted by atomic mass is 19.1. The molecule has 4 heterocycles. The Hall–Kier alpha value is -3.37. The number of benzene rings is 1. The van der Waals surface area contributed by atoms with Crippen LogP contribution >= 0.6 is 0 Å². The van der Waals surface area contributed by atoms with Crippen LogP contribution in [0.3, 0.4) is 0 Å². The summed E-state index contributed by atoms with van der Waals surface area (Å²) in [5.74, 6) is 1.19. The van der Waals surface area contributed by atoms with Crippen molar-refractivity contribution in [2.24, 2.45) is 0 Å². The second kappa shape index (κ2) is 10.1. The van der Waals surface area contributed by atoms with Crippen LogP contribution < -0.4 is 10.1 Å². The minimum atomic E-state index is -0.586. The molecule has 0 bridgehead atoms. The zero-order valence-electron chi connectivity index (χ0n) is 19.7. The number of rotatable bonds is 8. The summed E-state index contributed by atoms with van der Waals surface area (Å²) in [6.45, 7) is 7.23. The first kappa shape index (κ1) is 23.4. The van der Waals surface area contributed by atoms with Gasteiger partial charge < -0.3 is 19.3 Å². The van der Waals surface area contributed by atoms with E-state index in [4.69, 9.17) is 14.0 Å². The highest BCUT2D eigenvalue weighted by molar-refractivity contribution is 5.95. The third kappa shape index (κ3) is 5.49. The molecule has 184 valence electrons. The maximum atomic E-state index is 14.6. The summed E-state index contributed by atoms with van der Waals surface area (Å²) in [6.07, 6.45) is 2.42. The van der Waals surface area contributed by atoms with Crippen molar-refractivity contribution in [3.63, 3.8) is 0 Å². The van der Waals surface area contributed by atoms with Gasteiger partial charge in [0.2, 0.25) is 5.89 Å². The van der Waals surface area contributed by atoms with Crippen molar-refractivity contribution in [3.05, 3.63) is 59.6 Å². The van der Waals surface area contributed by atoms with Gasteiger partial charge in [-0.25, -0.2) is 4.39 Å². The Morgan fingerprint density at radius 3 is 2.80 bits per heavy atom. The average molecular weight is 482 g/mol. The fourth-order valence-corrected chi connectivity index (χ4v) is 4.07. The molecule has 10 heteroatoms. The molecule has 0 unspecified atom stereocenters.